The van der Waals surface area contributed by atoms with Crippen LogP contribution in [0.1, 0.15) is 17.2 Å². The molecular weight excluding hydrogens is 321 g/mol. The van der Waals surface area contributed by atoms with Crippen LogP contribution in [-0.2, 0) is 10.9 Å². The Morgan fingerprint density at radius 2 is 1.88 bits per heavy atom. The summed E-state index contributed by atoms with van der Waals surface area (Å²) in [5, 5.41) is 6.13. The van der Waals surface area contributed by atoms with Crippen LogP contribution in [0.2, 0.25) is 0 Å². The number of morpholine rings is 1. The van der Waals surface area contributed by atoms with Gasteiger partial charge in [-0.2, -0.15) is 13.2 Å². The van der Waals surface area contributed by atoms with Crippen molar-refractivity contribution < 1.29 is 17.9 Å². The number of ether oxygens (including phenoxy) is 1. The van der Waals surface area contributed by atoms with Crippen molar-refractivity contribution in [2.45, 2.75) is 12.2 Å². The van der Waals surface area contributed by atoms with Gasteiger partial charge in [0.15, 0.2) is 5.96 Å². The summed E-state index contributed by atoms with van der Waals surface area (Å²) in [6.07, 6.45) is -4.32. The first-order valence-electron chi connectivity index (χ1n) is 7.83. The van der Waals surface area contributed by atoms with Gasteiger partial charge in [-0.05, 0) is 17.7 Å². The van der Waals surface area contributed by atoms with Crippen LogP contribution in [0.3, 0.4) is 0 Å². The third kappa shape index (κ3) is 4.85. The van der Waals surface area contributed by atoms with E-state index in [0.717, 1.165) is 30.8 Å². The molecule has 8 heteroatoms. The molecule has 1 atom stereocenters. The van der Waals surface area contributed by atoms with E-state index < -0.39 is 11.7 Å². The van der Waals surface area contributed by atoms with E-state index in [9.17, 15) is 13.2 Å². The van der Waals surface area contributed by atoms with Gasteiger partial charge in [-0.15, -0.1) is 0 Å². The first-order valence-corrected chi connectivity index (χ1v) is 7.83. The smallest absolute Gasteiger partial charge is 0.379 e. The minimum Gasteiger partial charge on any atom is -0.379 e. The number of halogens is 3. The highest BCUT2D eigenvalue weighted by Crippen LogP contribution is 2.31. The molecule has 0 aromatic heterocycles. The summed E-state index contributed by atoms with van der Waals surface area (Å²) in [5.74, 6) is 0.639. The quantitative estimate of drug-likeness (QED) is 0.647. The lowest BCUT2D eigenvalue weighted by atomic mass is 10.0. The summed E-state index contributed by atoms with van der Waals surface area (Å²) in [7, 11) is 3.43. The minimum absolute atomic E-state index is 0.0544. The molecule has 134 valence electrons. The Balaban J connectivity index is 2.17. The minimum atomic E-state index is -4.32. The first kappa shape index (κ1) is 18.5. The second kappa shape index (κ2) is 8.34. The lowest BCUT2D eigenvalue weighted by Gasteiger charge is -2.35. The molecule has 0 saturated carbocycles. The van der Waals surface area contributed by atoms with Crippen LogP contribution in [0, 0.1) is 0 Å². The average Bonchev–Trinajstić information content (AvgIpc) is 2.59. The Bertz CT molecular complexity index is 539. The molecule has 0 amide bonds. The molecule has 24 heavy (non-hydrogen) atoms. The van der Waals surface area contributed by atoms with Gasteiger partial charge in [-0.3, -0.25) is 9.89 Å². The number of hydrogen-bond donors (Lipinski definition) is 2. The predicted octanol–water partition coefficient (Wildman–Crippen LogP) is 1.87. The van der Waals surface area contributed by atoms with Crippen molar-refractivity contribution in [1.82, 2.24) is 15.5 Å². The Hall–Kier alpha value is -1.80. The molecule has 1 fully saturated rings. The van der Waals surface area contributed by atoms with Gasteiger partial charge in [-0.25, -0.2) is 0 Å². The van der Waals surface area contributed by atoms with Crippen LogP contribution < -0.4 is 10.6 Å². The molecule has 0 radical (unpaired) electrons. The summed E-state index contributed by atoms with van der Waals surface area (Å²) < 4.78 is 43.6. The fourth-order valence-corrected chi connectivity index (χ4v) is 2.71. The maximum Gasteiger partial charge on any atom is 0.416 e. The molecule has 0 aliphatic carbocycles. The van der Waals surface area contributed by atoms with E-state index in [1.54, 1.807) is 26.2 Å². The highest BCUT2D eigenvalue weighted by molar-refractivity contribution is 5.79. The standard InChI is InChI=1S/C16H23F3N4O/c1-20-15(21-2)22-11-14(23-7-9-24-10-8-23)12-3-5-13(6-4-12)16(17,18)19/h3-6,14H,7-11H2,1-2H3,(H2,20,21,22)/t14-/m1/s1. The maximum absolute atomic E-state index is 12.8. The zero-order valence-corrected chi connectivity index (χ0v) is 13.9. The molecule has 1 saturated heterocycles. The lowest BCUT2D eigenvalue weighted by Crippen LogP contribution is -2.45. The number of benzene rings is 1. The van der Waals surface area contributed by atoms with E-state index in [-0.39, 0.29) is 6.04 Å². The molecule has 1 heterocycles. The zero-order chi connectivity index (χ0) is 17.6. The van der Waals surface area contributed by atoms with Gasteiger partial charge in [-0.1, -0.05) is 12.1 Å². The number of hydrogen-bond acceptors (Lipinski definition) is 3. The van der Waals surface area contributed by atoms with Gasteiger partial charge in [0.05, 0.1) is 24.8 Å². The summed E-state index contributed by atoms with van der Waals surface area (Å²) in [6, 6.07) is 5.31. The van der Waals surface area contributed by atoms with Crippen LogP contribution >= 0.6 is 0 Å². The molecule has 0 spiro atoms. The fraction of sp³-hybridized carbons (Fsp3) is 0.562. The van der Waals surface area contributed by atoms with Crippen LogP contribution in [-0.4, -0.2) is 57.8 Å². The van der Waals surface area contributed by atoms with Crippen LogP contribution in [0.25, 0.3) is 0 Å². The van der Waals surface area contributed by atoms with E-state index >= 15 is 0 Å². The Morgan fingerprint density at radius 1 is 1.25 bits per heavy atom. The highest BCUT2D eigenvalue weighted by atomic mass is 19.4. The van der Waals surface area contributed by atoms with Gasteiger partial charge in [0.1, 0.15) is 0 Å². The number of alkyl halides is 3. The van der Waals surface area contributed by atoms with Crippen molar-refractivity contribution in [3.63, 3.8) is 0 Å². The number of nitrogens with one attached hydrogen (secondary N) is 2. The van der Waals surface area contributed by atoms with Gasteiger partial charge in [0, 0.05) is 33.7 Å². The van der Waals surface area contributed by atoms with Gasteiger partial charge < -0.3 is 15.4 Å². The zero-order valence-electron chi connectivity index (χ0n) is 13.9. The number of guanidine groups is 1. The molecular formula is C16H23F3N4O. The maximum atomic E-state index is 12.8. The Morgan fingerprint density at radius 3 is 2.38 bits per heavy atom. The molecule has 0 unspecified atom stereocenters. The molecule has 2 rings (SSSR count). The van der Waals surface area contributed by atoms with Crippen LogP contribution in [0.4, 0.5) is 13.2 Å². The number of nitrogens with zero attached hydrogens (tertiary/aromatic N) is 2. The number of rotatable bonds is 4. The van der Waals surface area contributed by atoms with Gasteiger partial charge >= 0.3 is 6.18 Å². The van der Waals surface area contributed by atoms with Crippen LogP contribution in [0.5, 0.6) is 0 Å². The third-order valence-electron chi connectivity index (χ3n) is 4.03. The molecule has 1 aromatic rings. The Labute approximate surface area is 139 Å². The molecule has 1 aliphatic rings. The normalized spacial score (nSPS) is 18.3. The predicted molar refractivity (Wildman–Crippen MR) is 87.0 cm³/mol. The fourth-order valence-electron chi connectivity index (χ4n) is 2.71. The molecule has 5 nitrogen and oxygen atoms in total. The van der Waals surface area contributed by atoms with Gasteiger partial charge in [0.2, 0.25) is 0 Å². The van der Waals surface area contributed by atoms with Crippen LogP contribution in [0.15, 0.2) is 29.3 Å². The van der Waals surface area contributed by atoms with Crippen molar-refractivity contribution in [2.75, 3.05) is 46.9 Å². The van der Waals surface area contributed by atoms with E-state index in [1.807, 2.05) is 0 Å². The van der Waals surface area contributed by atoms with Gasteiger partial charge in [0.25, 0.3) is 0 Å². The number of aliphatic imine (C=N–C) groups is 1. The average molecular weight is 344 g/mol. The third-order valence-corrected chi connectivity index (χ3v) is 4.03. The summed E-state index contributed by atoms with van der Waals surface area (Å²) in [4.78, 5) is 6.28. The van der Waals surface area contributed by atoms with E-state index in [1.165, 1.54) is 0 Å². The van der Waals surface area contributed by atoms with E-state index in [4.69, 9.17) is 4.74 Å². The first-order chi connectivity index (χ1) is 11.5. The Kier molecular flexibility index (Phi) is 6.44. The molecule has 0 bridgehead atoms. The largest absolute Gasteiger partial charge is 0.416 e. The molecule has 1 aromatic carbocycles. The molecule has 2 N–H and O–H groups in total. The highest BCUT2D eigenvalue weighted by Gasteiger charge is 2.31. The van der Waals surface area contributed by atoms with E-state index in [2.05, 4.69) is 20.5 Å². The van der Waals surface area contributed by atoms with Crippen molar-refractivity contribution in [3.05, 3.63) is 35.4 Å². The monoisotopic (exact) mass is 344 g/mol. The second-order valence-corrected chi connectivity index (χ2v) is 5.49. The van der Waals surface area contributed by atoms with Crippen molar-refractivity contribution >= 4 is 5.96 Å². The van der Waals surface area contributed by atoms with Crippen molar-refractivity contribution in [3.8, 4) is 0 Å². The summed E-state index contributed by atoms with van der Waals surface area (Å²) >= 11 is 0. The molecule has 1 aliphatic heterocycles. The summed E-state index contributed by atoms with van der Waals surface area (Å²) in [5.41, 5.74) is 0.204. The van der Waals surface area contributed by atoms with Crippen molar-refractivity contribution in [1.29, 1.82) is 0 Å². The topological polar surface area (TPSA) is 48.9 Å². The lowest BCUT2D eigenvalue weighted by molar-refractivity contribution is -0.137. The van der Waals surface area contributed by atoms with E-state index in [0.29, 0.717) is 25.7 Å². The SMILES string of the molecule is CN=C(NC)NC[C@H](c1ccc(C(F)(F)F)cc1)N1CCOCC1. The summed E-state index contributed by atoms with van der Waals surface area (Å²) in [6.45, 7) is 3.27. The second-order valence-electron chi connectivity index (χ2n) is 5.49. The van der Waals surface area contributed by atoms with Crippen molar-refractivity contribution in [2.24, 2.45) is 4.99 Å².